The largest absolute Gasteiger partial charge is 0.475 e. The van der Waals surface area contributed by atoms with Gasteiger partial charge in [-0.2, -0.15) is 13.2 Å². The summed E-state index contributed by atoms with van der Waals surface area (Å²) in [5, 5.41) is 3.72. The lowest BCUT2D eigenvalue weighted by Crippen LogP contribution is -2.26. The lowest BCUT2D eigenvalue weighted by molar-refractivity contribution is -0.152. The van der Waals surface area contributed by atoms with E-state index in [4.69, 9.17) is 16.3 Å². The average Bonchev–Trinajstić information content (AvgIpc) is 3.08. The van der Waals surface area contributed by atoms with Crippen LogP contribution < -0.4 is 10.1 Å². The zero-order chi connectivity index (χ0) is 21.5. The van der Waals surface area contributed by atoms with Gasteiger partial charge in [0.2, 0.25) is 5.91 Å². The molecule has 2 N–H and O–H groups in total. The number of alkyl halides is 3. The van der Waals surface area contributed by atoms with Crippen molar-refractivity contribution in [1.82, 2.24) is 15.3 Å². The normalized spacial score (nSPS) is 19.6. The number of aromatic nitrogens is 2. The van der Waals surface area contributed by atoms with Crippen molar-refractivity contribution < 1.29 is 22.7 Å². The number of hydrogen-bond acceptors (Lipinski definition) is 4. The summed E-state index contributed by atoms with van der Waals surface area (Å²) in [6, 6.07) is 8.32. The van der Waals surface area contributed by atoms with Crippen LogP contribution >= 0.6 is 22.9 Å². The van der Waals surface area contributed by atoms with Gasteiger partial charge < -0.3 is 15.0 Å². The molecule has 5 nitrogen and oxygen atoms in total. The molecular weight excluding hydrogens is 439 g/mol. The molecule has 0 unspecified atom stereocenters. The molecule has 2 aromatic heterocycles. The molecule has 0 saturated heterocycles. The number of hydrogen-bond donors (Lipinski definition) is 2. The summed E-state index contributed by atoms with van der Waals surface area (Å²) in [5.41, 5.74) is 1.72. The highest BCUT2D eigenvalue weighted by Gasteiger charge is 2.42. The van der Waals surface area contributed by atoms with E-state index in [0.29, 0.717) is 11.4 Å². The zero-order valence-electron chi connectivity index (χ0n) is 15.9. The Morgan fingerprint density at radius 3 is 2.97 bits per heavy atom. The van der Waals surface area contributed by atoms with E-state index >= 15 is 0 Å². The molecule has 1 aliphatic carbocycles. The van der Waals surface area contributed by atoms with E-state index in [2.05, 4.69) is 15.3 Å². The van der Waals surface area contributed by atoms with Crippen molar-refractivity contribution in [1.29, 1.82) is 0 Å². The molecule has 0 spiro atoms. The fourth-order valence-corrected chi connectivity index (χ4v) is 4.42. The summed E-state index contributed by atoms with van der Waals surface area (Å²) in [7, 11) is 0. The predicted molar refractivity (Wildman–Crippen MR) is 109 cm³/mol. The molecular formula is C20H19ClF3N3O2S. The van der Waals surface area contributed by atoms with Crippen LogP contribution in [-0.2, 0) is 4.79 Å². The number of halogens is 4. The summed E-state index contributed by atoms with van der Waals surface area (Å²) in [4.78, 5) is 21.0. The van der Waals surface area contributed by atoms with Crippen molar-refractivity contribution in [2.75, 3.05) is 6.61 Å². The number of aromatic amines is 1. The van der Waals surface area contributed by atoms with Gasteiger partial charge in [0, 0.05) is 22.2 Å². The summed E-state index contributed by atoms with van der Waals surface area (Å²) in [5.74, 6) is 1.19. The van der Waals surface area contributed by atoms with Gasteiger partial charge in [-0.15, -0.1) is 11.3 Å². The number of nitrogens with one attached hydrogen (secondary N) is 2. The van der Waals surface area contributed by atoms with Crippen molar-refractivity contribution in [2.24, 2.45) is 5.92 Å². The summed E-state index contributed by atoms with van der Waals surface area (Å²) in [6.45, 7) is 0.468. The minimum Gasteiger partial charge on any atom is -0.475 e. The van der Waals surface area contributed by atoms with Crippen LogP contribution in [0.3, 0.4) is 0 Å². The molecule has 2 heterocycles. The maximum absolute atomic E-state index is 12.4. The molecule has 30 heavy (non-hydrogen) atoms. The topological polar surface area (TPSA) is 67.0 Å². The minimum absolute atomic E-state index is 0.0969. The standard InChI is InChI=1S/C20H19ClF3N3O2S/c1-10(16-4-5-18(30-16)29-9-20(22,23)24)25-17(28)7-11-6-13(11)19-26-14-3-2-12(21)8-15(14)27-19/h2-5,8,10-11,13H,6-7,9H2,1H3,(H,25,28)(H,26,27)/t10-,11-,13-/m1/s1. The zero-order valence-corrected chi connectivity index (χ0v) is 17.5. The fourth-order valence-electron chi connectivity index (χ4n) is 3.39. The fraction of sp³-hybridized carbons (Fsp3) is 0.400. The number of ether oxygens (including phenoxy) is 1. The Balaban J connectivity index is 1.28. The molecule has 3 aromatic rings. The third-order valence-electron chi connectivity index (χ3n) is 4.97. The van der Waals surface area contributed by atoms with Crippen LogP contribution in [-0.4, -0.2) is 28.7 Å². The first-order valence-corrected chi connectivity index (χ1v) is 10.6. The lowest BCUT2D eigenvalue weighted by Gasteiger charge is -2.12. The van der Waals surface area contributed by atoms with Crippen LogP contribution in [0.1, 0.15) is 42.4 Å². The minimum atomic E-state index is -4.38. The van der Waals surface area contributed by atoms with Gasteiger partial charge in [-0.1, -0.05) is 11.6 Å². The molecule has 1 amide bonds. The van der Waals surface area contributed by atoms with Crippen LogP contribution in [0.15, 0.2) is 30.3 Å². The third-order valence-corrected chi connectivity index (χ3v) is 6.38. The molecule has 0 radical (unpaired) electrons. The number of thiophene rings is 1. The van der Waals surface area contributed by atoms with E-state index in [9.17, 15) is 18.0 Å². The maximum Gasteiger partial charge on any atom is 0.422 e. The molecule has 1 aromatic carbocycles. The summed E-state index contributed by atoms with van der Waals surface area (Å²) >= 11 is 7.10. The molecule has 0 bridgehead atoms. The Morgan fingerprint density at radius 1 is 1.40 bits per heavy atom. The van der Waals surface area contributed by atoms with Gasteiger partial charge in [0.25, 0.3) is 0 Å². The maximum atomic E-state index is 12.4. The molecule has 0 aliphatic heterocycles. The highest BCUT2D eigenvalue weighted by molar-refractivity contribution is 7.13. The number of H-pyrrole nitrogens is 1. The number of carbonyl (C=O) groups excluding carboxylic acids is 1. The number of fused-ring (bicyclic) bond motifs is 1. The van der Waals surface area contributed by atoms with Crippen molar-refractivity contribution in [3.8, 4) is 5.06 Å². The number of imidazole rings is 1. The molecule has 1 saturated carbocycles. The second-order valence-electron chi connectivity index (χ2n) is 7.44. The first kappa shape index (κ1) is 21.0. The second-order valence-corrected chi connectivity index (χ2v) is 8.95. The number of nitrogens with zero attached hydrogens (tertiary/aromatic N) is 1. The van der Waals surface area contributed by atoms with Gasteiger partial charge in [-0.3, -0.25) is 4.79 Å². The van der Waals surface area contributed by atoms with Crippen molar-refractivity contribution in [2.45, 2.75) is 37.9 Å². The van der Waals surface area contributed by atoms with E-state index in [1.165, 1.54) is 6.07 Å². The highest BCUT2D eigenvalue weighted by atomic mass is 35.5. The molecule has 10 heteroatoms. The quantitative estimate of drug-likeness (QED) is 0.486. The predicted octanol–water partition coefficient (Wildman–Crippen LogP) is 5.59. The van der Waals surface area contributed by atoms with Gasteiger partial charge in [-0.25, -0.2) is 4.98 Å². The SMILES string of the molecule is C[C@@H](NC(=O)C[C@H]1C[C@H]1c1nc2ccc(Cl)cc2[nH]1)c1ccc(OCC(F)(F)F)s1. The van der Waals surface area contributed by atoms with Gasteiger partial charge in [-0.05, 0) is 49.6 Å². The van der Waals surface area contributed by atoms with Crippen LogP contribution in [0.5, 0.6) is 5.06 Å². The van der Waals surface area contributed by atoms with Crippen LogP contribution in [0.25, 0.3) is 11.0 Å². The Labute approximate surface area is 179 Å². The smallest absolute Gasteiger partial charge is 0.422 e. The Bertz CT molecular complexity index is 1070. The first-order valence-electron chi connectivity index (χ1n) is 9.42. The van der Waals surface area contributed by atoms with Gasteiger partial charge in [0.05, 0.1) is 17.1 Å². The molecule has 1 fully saturated rings. The summed E-state index contributed by atoms with van der Waals surface area (Å²) < 4.78 is 41.5. The highest BCUT2D eigenvalue weighted by Crippen LogP contribution is 2.49. The van der Waals surface area contributed by atoms with Gasteiger partial charge in [0.15, 0.2) is 11.7 Å². The van der Waals surface area contributed by atoms with E-state index < -0.39 is 12.8 Å². The monoisotopic (exact) mass is 457 g/mol. The Morgan fingerprint density at radius 2 is 2.20 bits per heavy atom. The molecule has 160 valence electrons. The Kier molecular flexibility index (Phi) is 5.67. The summed E-state index contributed by atoms with van der Waals surface area (Å²) in [6.07, 6.45) is -3.13. The molecule has 3 atom stereocenters. The number of carbonyl (C=O) groups is 1. The van der Waals surface area contributed by atoms with Crippen LogP contribution in [0.2, 0.25) is 5.02 Å². The van der Waals surface area contributed by atoms with Gasteiger partial charge >= 0.3 is 6.18 Å². The average molecular weight is 458 g/mol. The van der Waals surface area contributed by atoms with Crippen molar-refractivity contribution in [3.05, 3.63) is 46.1 Å². The first-order chi connectivity index (χ1) is 14.2. The van der Waals surface area contributed by atoms with Crippen molar-refractivity contribution in [3.63, 3.8) is 0 Å². The number of rotatable bonds is 7. The van der Waals surface area contributed by atoms with E-state index in [1.54, 1.807) is 19.1 Å². The van der Waals surface area contributed by atoms with Crippen LogP contribution in [0.4, 0.5) is 13.2 Å². The van der Waals surface area contributed by atoms with E-state index in [-0.39, 0.29) is 28.8 Å². The second kappa shape index (κ2) is 8.11. The van der Waals surface area contributed by atoms with Crippen LogP contribution in [0, 0.1) is 5.92 Å². The van der Waals surface area contributed by atoms with E-state index in [0.717, 1.165) is 39.5 Å². The van der Waals surface area contributed by atoms with Gasteiger partial charge in [0.1, 0.15) is 5.82 Å². The molecule has 4 rings (SSSR count). The number of amides is 1. The lowest BCUT2D eigenvalue weighted by atomic mass is 10.2. The Hall–Kier alpha value is -2.26. The van der Waals surface area contributed by atoms with Crippen molar-refractivity contribution >= 4 is 39.9 Å². The van der Waals surface area contributed by atoms with E-state index in [1.807, 2.05) is 12.1 Å². The third kappa shape index (κ3) is 5.07. The molecule has 1 aliphatic rings. The number of benzene rings is 1.